The Kier molecular flexibility index (Phi) is 9.73. The largest absolute Gasteiger partial charge is 0.453 e. The molecule has 282 valence electrons. The zero-order valence-electron chi connectivity index (χ0n) is 30.4. The van der Waals surface area contributed by atoms with Gasteiger partial charge in [0, 0.05) is 82.3 Å². The quantitative estimate of drug-likeness (QED) is 0.175. The van der Waals surface area contributed by atoms with E-state index >= 15 is 8.78 Å². The number of benzene rings is 2. The normalized spacial score (nSPS) is 20.2. The highest BCUT2D eigenvalue weighted by Gasteiger charge is 2.33. The summed E-state index contributed by atoms with van der Waals surface area (Å²) in [7, 11) is 1.87. The van der Waals surface area contributed by atoms with Gasteiger partial charge in [0.2, 0.25) is 11.8 Å². The second-order valence-electron chi connectivity index (χ2n) is 14.7. The van der Waals surface area contributed by atoms with Crippen LogP contribution in [0.5, 0.6) is 11.5 Å². The first kappa shape index (κ1) is 35.9. The first-order valence-corrected chi connectivity index (χ1v) is 18.8. The number of carbonyl (C=O) groups is 2. The first-order chi connectivity index (χ1) is 26.0. The molecule has 3 fully saturated rings. The van der Waals surface area contributed by atoms with E-state index in [1.807, 2.05) is 37.2 Å². The van der Waals surface area contributed by atoms with Crippen LogP contribution in [0.3, 0.4) is 0 Å². The number of piperidine rings is 2. The number of nitrogens with zero attached hydrogens (tertiary/aromatic N) is 7. The van der Waals surface area contributed by atoms with E-state index in [2.05, 4.69) is 54.2 Å². The molecule has 5 aromatic rings. The summed E-state index contributed by atoms with van der Waals surface area (Å²) in [5, 5.41) is 7.02. The van der Waals surface area contributed by atoms with Crippen LogP contribution in [0.1, 0.15) is 49.8 Å². The van der Waals surface area contributed by atoms with E-state index in [0.29, 0.717) is 58.6 Å². The second kappa shape index (κ2) is 14.6. The highest BCUT2D eigenvalue weighted by molar-refractivity contribution is 6.32. The SMILES string of the molecule is Cc1nn(C)cc1-c1nc2ncc(Cl)c(Oc3ccc(N4CCN(CC5CCN(c6cc(F)c([C@H]7CCC(=O)NC7=O)cc6F)CC5)C[C@@H]4C)cc3)c2[nH]1. The summed E-state index contributed by atoms with van der Waals surface area (Å²) < 4.78 is 38.5. The van der Waals surface area contributed by atoms with Gasteiger partial charge in [0.1, 0.15) is 33.7 Å². The molecule has 0 aliphatic carbocycles. The van der Waals surface area contributed by atoms with Gasteiger partial charge in [-0.3, -0.25) is 24.5 Å². The lowest BCUT2D eigenvalue weighted by atomic mass is 9.89. The summed E-state index contributed by atoms with van der Waals surface area (Å²) in [6, 6.07) is 10.7. The number of imide groups is 1. The highest BCUT2D eigenvalue weighted by Crippen LogP contribution is 2.38. The van der Waals surface area contributed by atoms with E-state index < -0.39 is 23.5 Å². The molecule has 0 unspecified atom stereocenters. The Morgan fingerprint density at radius 1 is 1.02 bits per heavy atom. The van der Waals surface area contributed by atoms with Gasteiger partial charge in [-0.2, -0.15) is 5.10 Å². The fourth-order valence-corrected chi connectivity index (χ4v) is 8.33. The van der Waals surface area contributed by atoms with Crippen molar-refractivity contribution >= 4 is 46.0 Å². The Morgan fingerprint density at radius 3 is 2.50 bits per heavy atom. The topological polar surface area (TPSA) is 125 Å². The molecule has 15 heteroatoms. The van der Waals surface area contributed by atoms with Crippen molar-refractivity contribution in [2.45, 2.75) is 51.5 Å². The van der Waals surface area contributed by atoms with Gasteiger partial charge in [-0.05, 0) is 69.4 Å². The third-order valence-corrected chi connectivity index (χ3v) is 11.2. The molecule has 0 spiro atoms. The maximum atomic E-state index is 15.3. The monoisotopic (exact) mass is 757 g/mol. The number of fused-ring (bicyclic) bond motifs is 1. The summed E-state index contributed by atoms with van der Waals surface area (Å²) >= 11 is 6.57. The van der Waals surface area contributed by atoms with Crippen LogP contribution in [0.4, 0.5) is 20.2 Å². The van der Waals surface area contributed by atoms with Crippen molar-refractivity contribution in [1.29, 1.82) is 0 Å². The van der Waals surface area contributed by atoms with E-state index in [1.165, 1.54) is 6.07 Å². The molecule has 2 aromatic carbocycles. The number of hydrogen-bond donors (Lipinski definition) is 2. The number of halogens is 3. The molecule has 12 nitrogen and oxygen atoms in total. The number of aryl methyl sites for hydroxylation is 2. The molecule has 2 amide bonds. The maximum Gasteiger partial charge on any atom is 0.234 e. The minimum absolute atomic E-state index is 0.00521. The lowest BCUT2D eigenvalue weighted by Crippen LogP contribution is -2.53. The van der Waals surface area contributed by atoms with Crippen molar-refractivity contribution in [3.05, 3.63) is 76.7 Å². The molecule has 3 aromatic heterocycles. The van der Waals surface area contributed by atoms with Crippen LogP contribution in [0, 0.1) is 24.5 Å². The molecule has 3 saturated heterocycles. The summed E-state index contributed by atoms with van der Waals surface area (Å²) in [5.41, 5.74) is 4.19. The van der Waals surface area contributed by atoms with E-state index in [9.17, 15) is 9.59 Å². The van der Waals surface area contributed by atoms with Crippen LogP contribution in [-0.4, -0.2) is 86.8 Å². The minimum Gasteiger partial charge on any atom is -0.453 e. The zero-order chi connectivity index (χ0) is 37.7. The van der Waals surface area contributed by atoms with Gasteiger partial charge in [0.05, 0.1) is 29.1 Å². The van der Waals surface area contributed by atoms with Gasteiger partial charge in [0.25, 0.3) is 0 Å². The van der Waals surface area contributed by atoms with Gasteiger partial charge in [-0.1, -0.05) is 11.6 Å². The number of rotatable bonds is 8. The fraction of sp³-hybridized carbons (Fsp3) is 0.410. The number of H-pyrrole nitrogens is 1. The lowest BCUT2D eigenvalue weighted by Gasteiger charge is -2.43. The van der Waals surface area contributed by atoms with E-state index in [0.717, 1.165) is 62.0 Å². The highest BCUT2D eigenvalue weighted by atomic mass is 35.5. The van der Waals surface area contributed by atoms with Gasteiger partial charge >= 0.3 is 0 Å². The summed E-state index contributed by atoms with van der Waals surface area (Å²) in [4.78, 5) is 43.0. The number of piperazine rings is 1. The summed E-state index contributed by atoms with van der Waals surface area (Å²) in [6.07, 6.45) is 5.49. The van der Waals surface area contributed by atoms with Crippen molar-refractivity contribution in [2.24, 2.45) is 13.0 Å². The van der Waals surface area contributed by atoms with E-state index in [-0.39, 0.29) is 30.0 Å². The molecular formula is C39H42ClF2N9O3. The fourth-order valence-electron chi connectivity index (χ4n) is 8.15. The average molecular weight is 758 g/mol. The van der Waals surface area contributed by atoms with E-state index in [4.69, 9.17) is 16.3 Å². The Morgan fingerprint density at radius 2 is 1.80 bits per heavy atom. The van der Waals surface area contributed by atoms with Crippen LogP contribution >= 0.6 is 11.6 Å². The number of amides is 2. The molecule has 6 heterocycles. The number of aromatic amines is 1. The van der Waals surface area contributed by atoms with Crippen LogP contribution in [0.2, 0.25) is 5.02 Å². The van der Waals surface area contributed by atoms with Gasteiger partial charge in [0.15, 0.2) is 11.4 Å². The van der Waals surface area contributed by atoms with Crippen LogP contribution in [0.25, 0.3) is 22.6 Å². The molecule has 8 rings (SSSR count). The smallest absolute Gasteiger partial charge is 0.234 e. The Labute approximate surface area is 316 Å². The predicted octanol–water partition coefficient (Wildman–Crippen LogP) is 6.34. The first-order valence-electron chi connectivity index (χ1n) is 18.4. The third-order valence-electron chi connectivity index (χ3n) is 10.9. The second-order valence-corrected chi connectivity index (χ2v) is 15.1. The van der Waals surface area contributed by atoms with Crippen LogP contribution < -0.4 is 19.9 Å². The molecule has 3 aliphatic rings. The molecule has 0 radical (unpaired) electrons. The van der Waals surface area contributed by atoms with Crippen molar-refractivity contribution in [3.63, 3.8) is 0 Å². The molecule has 2 N–H and O–H groups in total. The van der Waals surface area contributed by atoms with Crippen molar-refractivity contribution in [1.82, 2.24) is 34.9 Å². The summed E-state index contributed by atoms with van der Waals surface area (Å²) in [5.74, 6) is -0.775. The Bertz CT molecular complexity index is 2220. The van der Waals surface area contributed by atoms with Crippen LogP contribution in [-0.2, 0) is 16.6 Å². The molecule has 0 bridgehead atoms. The molecule has 0 saturated carbocycles. The summed E-state index contributed by atoms with van der Waals surface area (Å²) in [6.45, 7) is 9.11. The molecule has 3 aliphatic heterocycles. The number of imidazole rings is 1. The number of ether oxygens (including phenoxy) is 1. The van der Waals surface area contributed by atoms with Crippen molar-refractivity contribution < 1.29 is 23.1 Å². The zero-order valence-corrected chi connectivity index (χ0v) is 31.2. The minimum atomic E-state index is -0.864. The molecular weight excluding hydrogens is 716 g/mol. The predicted molar refractivity (Wildman–Crippen MR) is 202 cm³/mol. The number of pyridine rings is 1. The molecule has 54 heavy (non-hydrogen) atoms. The number of nitrogens with one attached hydrogen (secondary N) is 2. The van der Waals surface area contributed by atoms with Gasteiger partial charge < -0.3 is 19.5 Å². The third kappa shape index (κ3) is 7.12. The number of aromatic nitrogens is 5. The average Bonchev–Trinajstić information content (AvgIpc) is 3.73. The van der Waals surface area contributed by atoms with Crippen molar-refractivity contribution in [2.75, 3.05) is 49.1 Å². The Hall–Kier alpha value is -5.08. The Balaban J connectivity index is 0.850. The number of hydrogen-bond acceptors (Lipinski definition) is 9. The number of carbonyl (C=O) groups excluding carboxylic acids is 2. The van der Waals surface area contributed by atoms with Gasteiger partial charge in [-0.15, -0.1) is 0 Å². The standard InChI is InChI=1S/C39H42ClF2N9O3/c1-22-19-49(20-24-10-12-50(13-11-24)33-17-31(41)28(16-32(33)42)27-8-9-34(52)44-39(27)53)14-15-51(22)25-4-6-26(7-5-25)54-36-30(40)18-43-38-35(36)45-37(46-38)29-21-48(3)47-23(29)2/h4-7,16-18,21-22,24,27H,8-15,19-20H2,1-3H3,(H,43,45,46)(H,44,52,53)/t22-,27+/m0/s1. The maximum absolute atomic E-state index is 15.3. The number of anilines is 2. The van der Waals surface area contributed by atoms with Crippen molar-refractivity contribution in [3.8, 4) is 22.9 Å². The van der Waals surface area contributed by atoms with E-state index in [1.54, 1.807) is 10.9 Å². The van der Waals surface area contributed by atoms with Gasteiger partial charge in [-0.25, -0.2) is 18.7 Å². The lowest BCUT2D eigenvalue weighted by molar-refractivity contribution is -0.134. The van der Waals surface area contributed by atoms with Crippen LogP contribution in [0.15, 0.2) is 48.8 Å². The molecule has 2 atom stereocenters.